The van der Waals surface area contributed by atoms with E-state index < -0.39 is 0 Å². The summed E-state index contributed by atoms with van der Waals surface area (Å²) in [7, 11) is 0. The van der Waals surface area contributed by atoms with Gasteiger partial charge in [-0.15, -0.1) is 0 Å². The van der Waals surface area contributed by atoms with Crippen molar-refractivity contribution in [2.45, 2.75) is 70.9 Å². The summed E-state index contributed by atoms with van der Waals surface area (Å²) in [6.07, 6.45) is 9.66. The van der Waals surface area contributed by atoms with Gasteiger partial charge in [0, 0.05) is 19.4 Å². The van der Waals surface area contributed by atoms with Crippen LogP contribution in [0.4, 0.5) is 0 Å². The highest BCUT2D eigenvalue weighted by molar-refractivity contribution is 5.69. The van der Waals surface area contributed by atoms with Gasteiger partial charge in [0.2, 0.25) is 0 Å². The average molecular weight is 226 g/mol. The highest BCUT2D eigenvalue weighted by Gasteiger charge is 2.19. The van der Waals surface area contributed by atoms with Crippen LogP contribution in [-0.4, -0.2) is 18.7 Å². The Morgan fingerprint density at radius 1 is 1.25 bits per heavy atom. The average Bonchev–Trinajstić information content (AvgIpc) is 2.76. The fraction of sp³-hybridized carbons (Fsp3) is 0.923. The predicted octanol–water partition coefficient (Wildman–Crippen LogP) is 3.00. The van der Waals surface area contributed by atoms with E-state index in [9.17, 15) is 4.79 Å². The Kier molecular flexibility index (Phi) is 7.23. The molecule has 1 aliphatic rings. The maximum atomic E-state index is 11.4. The quantitative estimate of drug-likeness (QED) is 0.471. The van der Waals surface area contributed by atoms with Crippen LogP contribution in [-0.2, 0) is 9.53 Å². The topological polar surface area (TPSA) is 40.4 Å². The SMILES string of the molecule is CCCCCCCCC(=O)OC1CCC[N]1. The number of hydrogen-bond donors (Lipinski definition) is 0. The molecule has 1 saturated heterocycles. The molecule has 3 heteroatoms. The largest absolute Gasteiger partial charge is 0.445 e. The van der Waals surface area contributed by atoms with Crippen LogP contribution in [0.5, 0.6) is 0 Å². The van der Waals surface area contributed by atoms with Crippen molar-refractivity contribution in [3.8, 4) is 0 Å². The van der Waals surface area contributed by atoms with Gasteiger partial charge >= 0.3 is 5.97 Å². The van der Waals surface area contributed by atoms with E-state index in [4.69, 9.17) is 4.74 Å². The van der Waals surface area contributed by atoms with E-state index in [0.29, 0.717) is 6.42 Å². The van der Waals surface area contributed by atoms with Crippen molar-refractivity contribution in [2.24, 2.45) is 0 Å². The molecule has 1 heterocycles. The molecular weight excluding hydrogens is 202 g/mol. The fourth-order valence-corrected chi connectivity index (χ4v) is 1.95. The first-order chi connectivity index (χ1) is 7.83. The minimum absolute atomic E-state index is 0.0638. The minimum Gasteiger partial charge on any atom is -0.445 e. The second kappa shape index (κ2) is 8.57. The van der Waals surface area contributed by atoms with E-state index in [2.05, 4.69) is 12.2 Å². The van der Waals surface area contributed by atoms with Crippen molar-refractivity contribution >= 4 is 5.97 Å². The van der Waals surface area contributed by atoms with Crippen LogP contribution in [0.3, 0.4) is 0 Å². The fourth-order valence-electron chi connectivity index (χ4n) is 1.95. The molecule has 1 radical (unpaired) electrons. The zero-order chi connectivity index (χ0) is 11.6. The summed E-state index contributed by atoms with van der Waals surface area (Å²) in [4.78, 5) is 11.4. The maximum Gasteiger partial charge on any atom is 0.307 e. The first kappa shape index (κ1) is 13.5. The van der Waals surface area contributed by atoms with Crippen molar-refractivity contribution < 1.29 is 9.53 Å². The Morgan fingerprint density at radius 2 is 2.00 bits per heavy atom. The first-order valence-electron chi connectivity index (χ1n) is 6.69. The van der Waals surface area contributed by atoms with Gasteiger partial charge in [-0.2, -0.15) is 0 Å². The molecular formula is C13H24NO2. The lowest BCUT2D eigenvalue weighted by atomic mass is 10.1. The van der Waals surface area contributed by atoms with Crippen LogP contribution < -0.4 is 5.32 Å². The van der Waals surface area contributed by atoms with E-state index >= 15 is 0 Å². The highest BCUT2D eigenvalue weighted by atomic mass is 16.6. The van der Waals surface area contributed by atoms with Gasteiger partial charge in [-0.25, -0.2) is 5.32 Å². The van der Waals surface area contributed by atoms with Gasteiger partial charge in [0.1, 0.15) is 0 Å². The van der Waals surface area contributed by atoms with E-state index in [1.54, 1.807) is 0 Å². The smallest absolute Gasteiger partial charge is 0.307 e. The molecule has 0 N–H and O–H groups in total. The van der Waals surface area contributed by atoms with Gasteiger partial charge < -0.3 is 4.74 Å². The molecule has 93 valence electrons. The molecule has 16 heavy (non-hydrogen) atoms. The van der Waals surface area contributed by atoms with Crippen molar-refractivity contribution in [1.82, 2.24) is 5.32 Å². The number of nitrogens with zero attached hydrogens (tertiary/aromatic N) is 1. The molecule has 1 rings (SSSR count). The van der Waals surface area contributed by atoms with Crippen molar-refractivity contribution in [1.29, 1.82) is 0 Å². The Morgan fingerprint density at radius 3 is 2.69 bits per heavy atom. The maximum absolute atomic E-state index is 11.4. The summed E-state index contributed by atoms with van der Waals surface area (Å²) in [5.74, 6) is -0.0638. The van der Waals surface area contributed by atoms with Crippen molar-refractivity contribution in [2.75, 3.05) is 6.54 Å². The van der Waals surface area contributed by atoms with Crippen LogP contribution >= 0.6 is 0 Å². The lowest BCUT2D eigenvalue weighted by Gasteiger charge is -2.10. The molecule has 0 amide bonds. The van der Waals surface area contributed by atoms with E-state index in [0.717, 1.165) is 32.2 Å². The summed E-state index contributed by atoms with van der Waals surface area (Å²) in [5.41, 5.74) is 0. The molecule has 0 aromatic carbocycles. The van der Waals surface area contributed by atoms with Crippen LogP contribution in [0.25, 0.3) is 0 Å². The second-order valence-electron chi connectivity index (χ2n) is 4.51. The summed E-state index contributed by atoms with van der Waals surface area (Å²) < 4.78 is 5.23. The van der Waals surface area contributed by atoms with Gasteiger partial charge in [0.15, 0.2) is 6.23 Å². The zero-order valence-corrected chi connectivity index (χ0v) is 10.4. The number of carbonyl (C=O) groups excluding carboxylic acids is 1. The second-order valence-corrected chi connectivity index (χ2v) is 4.51. The van der Waals surface area contributed by atoms with Crippen LogP contribution in [0, 0.1) is 0 Å². The minimum atomic E-state index is -0.132. The predicted molar refractivity (Wildman–Crippen MR) is 64.1 cm³/mol. The van der Waals surface area contributed by atoms with Crippen LogP contribution in [0.1, 0.15) is 64.7 Å². The van der Waals surface area contributed by atoms with Gasteiger partial charge in [-0.05, 0) is 12.8 Å². The van der Waals surface area contributed by atoms with Gasteiger partial charge in [0.25, 0.3) is 0 Å². The molecule has 1 fully saturated rings. The summed E-state index contributed by atoms with van der Waals surface area (Å²) in [6, 6.07) is 0. The number of hydrogen-bond acceptors (Lipinski definition) is 2. The Balaban J connectivity index is 1.89. The molecule has 0 aromatic rings. The van der Waals surface area contributed by atoms with Crippen molar-refractivity contribution in [3.05, 3.63) is 0 Å². The molecule has 3 nitrogen and oxygen atoms in total. The number of carbonyl (C=O) groups is 1. The molecule has 1 unspecified atom stereocenters. The van der Waals surface area contributed by atoms with Gasteiger partial charge in [-0.3, -0.25) is 4.79 Å². The Labute approximate surface area is 98.9 Å². The normalized spacial score (nSPS) is 19.9. The van der Waals surface area contributed by atoms with E-state index in [1.165, 1.54) is 25.7 Å². The molecule has 1 atom stereocenters. The lowest BCUT2D eigenvalue weighted by molar-refractivity contribution is -0.150. The number of esters is 1. The molecule has 0 aliphatic carbocycles. The van der Waals surface area contributed by atoms with E-state index in [1.807, 2.05) is 0 Å². The first-order valence-corrected chi connectivity index (χ1v) is 6.69. The molecule has 0 aromatic heterocycles. The summed E-state index contributed by atoms with van der Waals surface area (Å²) in [6.45, 7) is 3.07. The van der Waals surface area contributed by atoms with Crippen LogP contribution in [0.15, 0.2) is 0 Å². The summed E-state index contributed by atoms with van der Waals surface area (Å²) in [5, 5.41) is 4.20. The third-order valence-electron chi connectivity index (χ3n) is 2.94. The number of rotatable bonds is 8. The van der Waals surface area contributed by atoms with Gasteiger partial charge in [-0.1, -0.05) is 39.0 Å². The van der Waals surface area contributed by atoms with Gasteiger partial charge in [0.05, 0.1) is 0 Å². The Hall–Kier alpha value is -0.570. The third kappa shape index (κ3) is 6.11. The molecule has 0 bridgehead atoms. The molecule has 0 saturated carbocycles. The molecule has 1 aliphatic heterocycles. The van der Waals surface area contributed by atoms with Crippen LogP contribution in [0.2, 0.25) is 0 Å². The van der Waals surface area contributed by atoms with Crippen molar-refractivity contribution in [3.63, 3.8) is 0 Å². The Bertz CT molecular complexity index is 188. The number of ether oxygens (including phenoxy) is 1. The zero-order valence-electron chi connectivity index (χ0n) is 10.4. The highest BCUT2D eigenvalue weighted by Crippen LogP contribution is 2.11. The monoisotopic (exact) mass is 226 g/mol. The number of unbranched alkanes of at least 4 members (excludes halogenated alkanes) is 5. The third-order valence-corrected chi connectivity index (χ3v) is 2.94. The lowest BCUT2D eigenvalue weighted by Crippen LogP contribution is -2.22. The summed E-state index contributed by atoms with van der Waals surface area (Å²) >= 11 is 0. The van der Waals surface area contributed by atoms with E-state index in [-0.39, 0.29) is 12.2 Å². The standard InChI is InChI=1S/C13H24NO2/c1-2-3-4-5-6-7-10-13(15)16-12-9-8-11-14-12/h12H,2-11H2,1H3. The molecule has 0 spiro atoms.